The van der Waals surface area contributed by atoms with Crippen molar-refractivity contribution in [1.29, 1.82) is 0 Å². The molecule has 2 aliphatic rings. The van der Waals surface area contributed by atoms with Crippen molar-refractivity contribution in [3.05, 3.63) is 5.89 Å². The molecule has 0 spiro atoms. The second-order valence-electron chi connectivity index (χ2n) is 5.31. The Labute approximate surface area is 101 Å². The lowest BCUT2D eigenvalue weighted by atomic mass is 10.00. The van der Waals surface area contributed by atoms with Gasteiger partial charge in [0.1, 0.15) is 0 Å². The van der Waals surface area contributed by atoms with Gasteiger partial charge in [0, 0.05) is 13.1 Å². The summed E-state index contributed by atoms with van der Waals surface area (Å²) in [5, 5.41) is 4.09. The Morgan fingerprint density at radius 3 is 2.47 bits per heavy atom. The fraction of sp³-hybridized carbons (Fsp3) is 0.833. The number of nitrogens with two attached hydrogens (primary N) is 1. The monoisotopic (exact) mass is 236 g/mol. The maximum Gasteiger partial charge on any atom is 0.266 e. The molecule has 1 aliphatic carbocycles. The minimum absolute atomic E-state index is 0.360. The van der Waals surface area contributed by atoms with E-state index in [0.29, 0.717) is 5.89 Å². The number of piperidine rings is 1. The third kappa shape index (κ3) is 2.04. The molecule has 1 aromatic heterocycles. The number of hydrogen-bond donors (Lipinski definition) is 1. The molecule has 0 amide bonds. The summed E-state index contributed by atoms with van der Waals surface area (Å²) in [4.78, 5) is 6.71. The molecule has 0 atom stereocenters. The van der Waals surface area contributed by atoms with E-state index >= 15 is 0 Å². The third-order valence-corrected chi connectivity index (χ3v) is 3.98. The molecule has 2 fully saturated rings. The van der Waals surface area contributed by atoms with Crippen LogP contribution in [0.3, 0.4) is 0 Å². The summed E-state index contributed by atoms with van der Waals surface area (Å²) in [5.74, 6) is 1.37. The second kappa shape index (κ2) is 4.29. The van der Waals surface area contributed by atoms with Gasteiger partial charge in [0.25, 0.3) is 5.95 Å². The van der Waals surface area contributed by atoms with Crippen molar-refractivity contribution in [1.82, 2.24) is 10.1 Å². The van der Waals surface area contributed by atoms with Crippen molar-refractivity contribution in [2.45, 2.75) is 50.5 Å². The molecule has 0 unspecified atom stereocenters. The highest BCUT2D eigenvalue weighted by atomic mass is 16.5. The standard InChI is InChI=1S/C12H20N4O/c13-12(6-2-3-7-12)10-14-11(15-17-10)16-8-4-1-5-9-16/h1-9,13H2. The van der Waals surface area contributed by atoms with Crippen molar-refractivity contribution >= 4 is 5.95 Å². The number of anilines is 1. The summed E-state index contributed by atoms with van der Waals surface area (Å²) in [6.07, 6.45) is 8.01. The summed E-state index contributed by atoms with van der Waals surface area (Å²) < 4.78 is 5.38. The summed E-state index contributed by atoms with van der Waals surface area (Å²) in [6.45, 7) is 2.08. The maximum atomic E-state index is 6.31. The van der Waals surface area contributed by atoms with E-state index in [1.807, 2.05) is 0 Å². The number of aromatic nitrogens is 2. The van der Waals surface area contributed by atoms with Crippen LogP contribution in [0.2, 0.25) is 0 Å². The minimum atomic E-state index is -0.360. The first-order valence-corrected chi connectivity index (χ1v) is 6.66. The van der Waals surface area contributed by atoms with E-state index in [-0.39, 0.29) is 5.54 Å². The lowest BCUT2D eigenvalue weighted by Gasteiger charge is -2.24. The first-order valence-electron chi connectivity index (χ1n) is 6.66. The van der Waals surface area contributed by atoms with Gasteiger partial charge in [-0.15, -0.1) is 0 Å². The first-order chi connectivity index (χ1) is 8.28. The lowest BCUT2D eigenvalue weighted by Crippen LogP contribution is -2.34. The van der Waals surface area contributed by atoms with E-state index in [1.165, 1.54) is 19.3 Å². The fourth-order valence-electron chi connectivity index (χ4n) is 2.86. The highest BCUT2D eigenvalue weighted by Crippen LogP contribution is 2.36. The molecule has 1 saturated carbocycles. The summed E-state index contributed by atoms with van der Waals surface area (Å²) in [5.41, 5.74) is 5.95. The van der Waals surface area contributed by atoms with Crippen LogP contribution in [0.5, 0.6) is 0 Å². The normalized spacial score (nSPS) is 24.2. The summed E-state index contributed by atoms with van der Waals surface area (Å²) in [7, 11) is 0. The van der Waals surface area contributed by atoms with E-state index in [2.05, 4.69) is 15.0 Å². The highest BCUT2D eigenvalue weighted by molar-refractivity contribution is 5.29. The Morgan fingerprint density at radius 2 is 1.76 bits per heavy atom. The Bertz CT molecular complexity index is 378. The van der Waals surface area contributed by atoms with Crippen LogP contribution in [0.4, 0.5) is 5.95 Å². The lowest BCUT2D eigenvalue weighted by molar-refractivity contribution is 0.285. The van der Waals surface area contributed by atoms with Crippen molar-refractivity contribution < 1.29 is 4.52 Å². The molecule has 94 valence electrons. The van der Waals surface area contributed by atoms with Crippen LogP contribution in [-0.4, -0.2) is 23.2 Å². The molecule has 2 N–H and O–H groups in total. The van der Waals surface area contributed by atoms with Crippen molar-refractivity contribution in [2.75, 3.05) is 18.0 Å². The average molecular weight is 236 g/mol. The zero-order valence-electron chi connectivity index (χ0n) is 10.2. The van der Waals surface area contributed by atoms with Crippen LogP contribution in [0.25, 0.3) is 0 Å². The molecule has 0 radical (unpaired) electrons. The zero-order chi connectivity index (χ0) is 11.7. The van der Waals surface area contributed by atoms with Crippen LogP contribution >= 0.6 is 0 Å². The molecule has 1 saturated heterocycles. The van der Waals surface area contributed by atoms with Crippen molar-refractivity contribution in [3.8, 4) is 0 Å². The molecule has 0 aromatic carbocycles. The number of rotatable bonds is 2. The van der Waals surface area contributed by atoms with Gasteiger partial charge in [0.2, 0.25) is 5.89 Å². The van der Waals surface area contributed by atoms with Gasteiger partial charge in [-0.3, -0.25) is 0 Å². The van der Waals surface area contributed by atoms with Gasteiger partial charge >= 0.3 is 0 Å². The highest BCUT2D eigenvalue weighted by Gasteiger charge is 2.37. The van der Waals surface area contributed by atoms with E-state index < -0.39 is 0 Å². The molecule has 3 rings (SSSR count). The summed E-state index contributed by atoms with van der Waals surface area (Å²) >= 11 is 0. The van der Waals surface area contributed by atoms with Crippen molar-refractivity contribution in [2.24, 2.45) is 5.73 Å². The largest absolute Gasteiger partial charge is 0.338 e. The van der Waals surface area contributed by atoms with Gasteiger partial charge < -0.3 is 15.2 Å². The Balaban J connectivity index is 1.77. The molecule has 2 heterocycles. The first kappa shape index (κ1) is 11.0. The van der Waals surface area contributed by atoms with E-state index in [9.17, 15) is 0 Å². The average Bonchev–Trinajstić information content (AvgIpc) is 2.99. The van der Waals surface area contributed by atoms with Gasteiger partial charge in [0.15, 0.2) is 0 Å². The molecule has 5 heteroatoms. The third-order valence-electron chi connectivity index (χ3n) is 3.98. The fourth-order valence-corrected chi connectivity index (χ4v) is 2.86. The SMILES string of the molecule is NC1(c2nc(N3CCCCC3)no2)CCCC1. The van der Waals surface area contributed by atoms with E-state index in [0.717, 1.165) is 44.7 Å². The smallest absolute Gasteiger partial charge is 0.266 e. The predicted octanol–water partition coefficient (Wildman–Crippen LogP) is 1.79. The Morgan fingerprint density at radius 1 is 1.06 bits per heavy atom. The number of hydrogen-bond acceptors (Lipinski definition) is 5. The van der Waals surface area contributed by atoms with Crippen LogP contribution in [0.1, 0.15) is 50.8 Å². The molecular weight excluding hydrogens is 216 g/mol. The summed E-state index contributed by atoms with van der Waals surface area (Å²) in [6, 6.07) is 0. The Kier molecular flexibility index (Phi) is 2.78. The number of nitrogens with zero attached hydrogens (tertiary/aromatic N) is 3. The molecule has 1 aliphatic heterocycles. The van der Waals surface area contributed by atoms with Crippen LogP contribution in [0.15, 0.2) is 4.52 Å². The molecule has 17 heavy (non-hydrogen) atoms. The Hall–Kier alpha value is -1.10. The van der Waals surface area contributed by atoms with Crippen LogP contribution in [0, 0.1) is 0 Å². The van der Waals surface area contributed by atoms with Gasteiger partial charge in [0.05, 0.1) is 5.54 Å². The quantitative estimate of drug-likeness (QED) is 0.847. The second-order valence-corrected chi connectivity index (χ2v) is 5.31. The molecule has 5 nitrogen and oxygen atoms in total. The van der Waals surface area contributed by atoms with Gasteiger partial charge in [-0.2, -0.15) is 4.98 Å². The topological polar surface area (TPSA) is 68.2 Å². The molecule has 0 bridgehead atoms. The van der Waals surface area contributed by atoms with Crippen molar-refractivity contribution in [3.63, 3.8) is 0 Å². The van der Waals surface area contributed by atoms with E-state index in [4.69, 9.17) is 10.3 Å². The van der Waals surface area contributed by atoms with Crippen LogP contribution in [-0.2, 0) is 5.54 Å². The molecular formula is C12H20N4O. The van der Waals surface area contributed by atoms with Gasteiger partial charge in [-0.05, 0) is 37.3 Å². The maximum absolute atomic E-state index is 6.31. The minimum Gasteiger partial charge on any atom is -0.338 e. The molecule has 1 aromatic rings. The zero-order valence-corrected chi connectivity index (χ0v) is 10.2. The predicted molar refractivity (Wildman–Crippen MR) is 64.7 cm³/mol. The van der Waals surface area contributed by atoms with E-state index in [1.54, 1.807) is 0 Å². The van der Waals surface area contributed by atoms with Gasteiger partial charge in [-0.25, -0.2) is 0 Å². The van der Waals surface area contributed by atoms with Crippen LogP contribution < -0.4 is 10.6 Å². The van der Waals surface area contributed by atoms with Gasteiger partial charge in [-0.1, -0.05) is 12.8 Å².